The summed E-state index contributed by atoms with van der Waals surface area (Å²) in [7, 11) is 0. The summed E-state index contributed by atoms with van der Waals surface area (Å²) in [6, 6.07) is 15.1. The molecule has 104 valence electrons. The average Bonchev–Trinajstić information content (AvgIpc) is 2.86. The second kappa shape index (κ2) is 5.20. The summed E-state index contributed by atoms with van der Waals surface area (Å²) in [6.07, 6.45) is 0. The summed E-state index contributed by atoms with van der Waals surface area (Å²) in [5.74, 6) is -0.555. The van der Waals surface area contributed by atoms with Crippen LogP contribution < -0.4 is 10.2 Å². The highest BCUT2D eigenvalue weighted by Crippen LogP contribution is 2.24. The van der Waals surface area contributed by atoms with E-state index in [1.807, 2.05) is 6.07 Å². The summed E-state index contributed by atoms with van der Waals surface area (Å²) in [6.45, 7) is -0.0715. The Morgan fingerprint density at radius 3 is 2.29 bits per heavy atom. The van der Waals surface area contributed by atoms with E-state index in [-0.39, 0.29) is 18.2 Å². The van der Waals surface area contributed by atoms with Crippen LogP contribution >= 0.6 is 0 Å². The molecule has 0 aliphatic carbocycles. The number of nitrogens with zero attached hydrogens (tertiary/aromatic N) is 1. The summed E-state index contributed by atoms with van der Waals surface area (Å²) in [4.78, 5) is 37.0. The Balaban J connectivity index is 2.03. The average molecular weight is 280 g/mol. The maximum absolute atomic E-state index is 12.6. The Hall–Kier alpha value is -2.95. The summed E-state index contributed by atoms with van der Waals surface area (Å²) < 4.78 is 0. The van der Waals surface area contributed by atoms with E-state index in [1.165, 1.54) is 4.90 Å². The van der Waals surface area contributed by atoms with Crippen molar-refractivity contribution in [1.82, 2.24) is 5.32 Å². The third-order valence-corrected chi connectivity index (χ3v) is 3.27. The second-order valence-corrected chi connectivity index (χ2v) is 4.65. The van der Waals surface area contributed by atoms with Crippen molar-refractivity contribution in [2.75, 3.05) is 11.4 Å². The van der Waals surface area contributed by atoms with Crippen LogP contribution in [0.2, 0.25) is 0 Å². The van der Waals surface area contributed by atoms with Gasteiger partial charge in [-0.2, -0.15) is 0 Å². The quantitative estimate of drug-likeness (QED) is 0.690. The van der Waals surface area contributed by atoms with Crippen LogP contribution in [0, 0.1) is 0 Å². The Morgan fingerprint density at radius 2 is 1.62 bits per heavy atom. The van der Waals surface area contributed by atoms with Crippen molar-refractivity contribution in [3.05, 3.63) is 65.7 Å². The van der Waals surface area contributed by atoms with Crippen molar-refractivity contribution < 1.29 is 14.4 Å². The molecule has 3 amide bonds. The molecular formula is C16H12N2O3. The minimum absolute atomic E-state index is 0.0715. The predicted octanol–water partition coefficient (Wildman–Crippen LogP) is 1.97. The van der Waals surface area contributed by atoms with Crippen molar-refractivity contribution in [1.29, 1.82) is 0 Å². The maximum atomic E-state index is 12.6. The number of hydrogen-bond donors (Lipinski definition) is 1. The molecule has 2 aromatic rings. The molecule has 2 aromatic carbocycles. The number of carbonyl (C=O) groups excluding carboxylic acids is 3. The monoisotopic (exact) mass is 280 g/mol. The Bertz CT molecular complexity index is 725. The van der Waals surface area contributed by atoms with E-state index in [9.17, 15) is 14.4 Å². The van der Waals surface area contributed by atoms with Gasteiger partial charge in [0.2, 0.25) is 5.91 Å². The van der Waals surface area contributed by atoms with Crippen LogP contribution in [0.25, 0.3) is 0 Å². The number of amides is 3. The molecule has 1 heterocycles. The molecule has 0 saturated carbocycles. The van der Waals surface area contributed by atoms with E-state index in [1.54, 1.807) is 48.5 Å². The minimum atomic E-state index is -0.506. The molecule has 5 nitrogen and oxygen atoms in total. The lowest BCUT2D eigenvalue weighted by Gasteiger charge is -2.17. The van der Waals surface area contributed by atoms with Crippen LogP contribution in [-0.2, 0) is 4.79 Å². The third kappa shape index (κ3) is 2.41. The Kier molecular flexibility index (Phi) is 3.23. The molecule has 0 atom stereocenters. The first-order valence-electron chi connectivity index (χ1n) is 6.47. The molecule has 0 spiro atoms. The van der Waals surface area contributed by atoms with Gasteiger partial charge in [-0.25, -0.2) is 4.79 Å². The van der Waals surface area contributed by atoms with Gasteiger partial charge in [0.15, 0.2) is 5.78 Å². The highest BCUT2D eigenvalue weighted by atomic mass is 16.2. The summed E-state index contributed by atoms with van der Waals surface area (Å²) in [5.41, 5.74) is 1.37. The van der Waals surface area contributed by atoms with E-state index < -0.39 is 6.03 Å². The predicted molar refractivity (Wildman–Crippen MR) is 77.2 cm³/mol. The lowest BCUT2D eigenvalue weighted by Crippen LogP contribution is -2.29. The fourth-order valence-electron chi connectivity index (χ4n) is 2.28. The number of imide groups is 1. The Labute approximate surface area is 121 Å². The molecule has 1 aliphatic heterocycles. The zero-order chi connectivity index (χ0) is 14.8. The number of urea groups is 1. The number of carbonyl (C=O) groups is 3. The molecule has 0 bridgehead atoms. The molecule has 5 heteroatoms. The normalized spacial score (nSPS) is 14.2. The van der Waals surface area contributed by atoms with Gasteiger partial charge in [-0.05, 0) is 12.1 Å². The molecule has 0 aromatic heterocycles. The van der Waals surface area contributed by atoms with E-state index in [0.29, 0.717) is 16.8 Å². The van der Waals surface area contributed by atoms with Crippen LogP contribution in [0.1, 0.15) is 15.9 Å². The maximum Gasteiger partial charge on any atom is 0.329 e. The first kappa shape index (κ1) is 13.1. The van der Waals surface area contributed by atoms with Gasteiger partial charge in [-0.1, -0.05) is 42.5 Å². The van der Waals surface area contributed by atoms with E-state index >= 15 is 0 Å². The topological polar surface area (TPSA) is 66.5 Å². The van der Waals surface area contributed by atoms with Gasteiger partial charge in [0.25, 0.3) is 0 Å². The fourth-order valence-corrected chi connectivity index (χ4v) is 2.28. The molecular weight excluding hydrogens is 268 g/mol. The summed E-state index contributed by atoms with van der Waals surface area (Å²) >= 11 is 0. The number of hydrogen-bond acceptors (Lipinski definition) is 3. The molecule has 1 fully saturated rings. The lowest BCUT2D eigenvalue weighted by atomic mass is 10.0. The van der Waals surface area contributed by atoms with Crippen molar-refractivity contribution in [2.45, 2.75) is 0 Å². The third-order valence-electron chi connectivity index (χ3n) is 3.27. The standard InChI is InChI=1S/C16H12N2O3/c19-14-10-18(16(21)17-14)13-9-5-4-8-12(13)15(20)11-6-2-1-3-7-11/h1-9H,10H2,(H,17,19,21). The summed E-state index contributed by atoms with van der Waals surface area (Å²) in [5, 5.41) is 2.21. The highest BCUT2D eigenvalue weighted by Gasteiger charge is 2.30. The van der Waals surface area contributed by atoms with Crippen molar-refractivity contribution in [3.8, 4) is 0 Å². The molecule has 21 heavy (non-hydrogen) atoms. The molecule has 1 saturated heterocycles. The smallest absolute Gasteiger partial charge is 0.289 e. The van der Waals surface area contributed by atoms with Crippen LogP contribution in [0.5, 0.6) is 0 Å². The highest BCUT2D eigenvalue weighted by molar-refractivity contribution is 6.18. The van der Waals surface area contributed by atoms with Crippen molar-refractivity contribution in [3.63, 3.8) is 0 Å². The van der Waals surface area contributed by atoms with Crippen molar-refractivity contribution in [2.24, 2.45) is 0 Å². The fraction of sp³-hybridized carbons (Fsp3) is 0.0625. The number of para-hydroxylation sites is 1. The van der Waals surface area contributed by atoms with Gasteiger partial charge in [-0.3, -0.25) is 19.8 Å². The van der Waals surface area contributed by atoms with Gasteiger partial charge in [-0.15, -0.1) is 0 Å². The van der Waals surface area contributed by atoms with Crippen LogP contribution in [0.3, 0.4) is 0 Å². The zero-order valence-corrected chi connectivity index (χ0v) is 11.1. The van der Waals surface area contributed by atoms with E-state index in [0.717, 1.165) is 0 Å². The number of anilines is 1. The van der Waals surface area contributed by atoms with E-state index in [2.05, 4.69) is 5.32 Å². The van der Waals surface area contributed by atoms with E-state index in [4.69, 9.17) is 0 Å². The largest absolute Gasteiger partial charge is 0.329 e. The molecule has 0 unspecified atom stereocenters. The first-order chi connectivity index (χ1) is 10.2. The van der Waals surface area contributed by atoms with Gasteiger partial charge in [0.1, 0.15) is 6.54 Å². The first-order valence-corrected chi connectivity index (χ1v) is 6.47. The van der Waals surface area contributed by atoms with Gasteiger partial charge in [0.05, 0.1) is 5.69 Å². The number of benzene rings is 2. The molecule has 0 radical (unpaired) electrons. The second-order valence-electron chi connectivity index (χ2n) is 4.65. The van der Waals surface area contributed by atoms with Crippen molar-refractivity contribution >= 4 is 23.4 Å². The SMILES string of the molecule is O=C1CN(c2ccccc2C(=O)c2ccccc2)C(=O)N1. The van der Waals surface area contributed by atoms with Gasteiger partial charge < -0.3 is 0 Å². The van der Waals surface area contributed by atoms with Crippen LogP contribution in [0.4, 0.5) is 10.5 Å². The molecule has 3 rings (SSSR count). The van der Waals surface area contributed by atoms with Crippen LogP contribution in [-0.4, -0.2) is 24.3 Å². The molecule has 1 N–H and O–H groups in total. The lowest BCUT2D eigenvalue weighted by molar-refractivity contribution is -0.117. The van der Waals surface area contributed by atoms with Crippen LogP contribution in [0.15, 0.2) is 54.6 Å². The Morgan fingerprint density at radius 1 is 0.952 bits per heavy atom. The van der Waals surface area contributed by atoms with Gasteiger partial charge in [0, 0.05) is 11.1 Å². The number of nitrogens with one attached hydrogen (secondary N) is 1. The number of rotatable bonds is 3. The zero-order valence-electron chi connectivity index (χ0n) is 11.1. The van der Waals surface area contributed by atoms with Gasteiger partial charge >= 0.3 is 6.03 Å². The minimum Gasteiger partial charge on any atom is -0.289 e. The number of ketones is 1. The molecule has 1 aliphatic rings.